The lowest BCUT2D eigenvalue weighted by Crippen LogP contribution is -2.43. The Kier molecular flexibility index (Phi) is 3.62. The second-order valence-corrected chi connectivity index (χ2v) is 7.22. The molecule has 1 aliphatic carbocycles. The largest absolute Gasteiger partial charge is 0.447 e. The monoisotopic (exact) mass is 329 g/mol. The first kappa shape index (κ1) is 15.3. The van der Waals surface area contributed by atoms with Crippen molar-refractivity contribution >= 4 is 23.5 Å². The van der Waals surface area contributed by atoms with E-state index >= 15 is 0 Å². The lowest BCUT2D eigenvalue weighted by molar-refractivity contribution is 0.170. The number of nitrogens with one attached hydrogen (secondary N) is 1. The van der Waals surface area contributed by atoms with Crippen LogP contribution < -0.4 is 10.2 Å². The van der Waals surface area contributed by atoms with E-state index in [4.69, 9.17) is 4.74 Å². The van der Waals surface area contributed by atoms with Crippen molar-refractivity contribution in [1.82, 2.24) is 4.90 Å². The van der Waals surface area contributed by atoms with E-state index in [9.17, 15) is 9.59 Å². The predicted octanol–water partition coefficient (Wildman–Crippen LogP) is 3.36. The first-order chi connectivity index (χ1) is 11.6. The molecule has 2 saturated heterocycles. The molecule has 128 valence electrons. The number of likely N-dealkylation sites (tertiary alicyclic amines) is 1. The summed E-state index contributed by atoms with van der Waals surface area (Å²) in [5.41, 5.74) is 2.91. The Bertz CT molecular complexity index is 684. The summed E-state index contributed by atoms with van der Waals surface area (Å²) in [6.07, 6.45) is 4.52. The van der Waals surface area contributed by atoms with E-state index < -0.39 is 0 Å². The van der Waals surface area contributed by atoms with E-state index in [0.717, 1.165) is 36.4 Å². The molecule has 1 spiro atoms. The second kappa shape index (κ2) is 5.69. The second-order valence-electron chi connectivity index (χ2n) is 7.22. The van der Waals surface area contributed by atoms with Crippen LogP contribution in [0.2, 0.25) is 0 Å². The van der Waals surface area contributed by atoms with Gasteiger partial charge in [0, 0.05) is 24.5 Å². The number of urea groups is 1. The number of aryl methyl sites for hydroxylation is 1. The number of ether oxygens (including phenoxy) is 1. The average Bonchev–Trinajstić information content (AvgIpc) is 3.17. The molecule has 0 aromatic heterocycles. The maximum absolute atomic E-state index is 12.6. The summed E-state index contributed by atoms with van der Waals surface area (Å²) in [6.45, 7) is 4.61. The van der Waals surface area contributed by atoms with Gasteiger partial charge in [0.1, 0.15) is 6.61 Å². The minimum Gasteiger partial charge on any atom is -0.447 e. The highest BCUT2D eigenvalue weighted by atomic mass is 16.6. The third-order valence-corrected chi connectivity index (χ3v) is 5.44. The van der Waals surface area contributed by atoms with Crippen LogP contribution in [-0.2, 0) is 4.74 Å². The van der Waals surface area contributed by atoms with Crippen LogP contribution in [0, 0.1) is 12.3 Å². The highest BCUT2D eigenvalue weighted by Gasteiger charge is 2.46. The Morgan fingerprint density at radius 2 is 2.08 bits per heavy atom. The van der Waals surface area contributed by atoms with Gasteiger partial charge in [0.25, 0.3) is 0 Å². The summed E-state index contributed by atoms with van der Waals surface area (Å²) in [5, 5.41) is 3.03. The van der Waals surface area contributed by atoms with Crippen LogP contribution in [0.1, 0.15) is 31.2 Å². The van der Waals surface area contributed by atoms with Crippen LogP contribution in [0.4, 0.5) is 21.0 Å². The molecule has 0 radical (unpaired) electrons. The van der Waals surface area contributed by atoms with E-state index in [-0.39, 0.29) is 12.1 Å². The summed E-state index contributed by atoms with van der Waals surface area (Å²) in [7, 11) is 0. The Labute approximate surface area is 141 Å². The Hall–Kier alpha value is -2.24. The Balaban J connectivity index is 1.49. The smallest absolute Gasteiger partial charge is 0.414 e. The van der Waals surface area contributed by atoms with Crippen molar-refractivity contribution in [2.75, 3.05) is 36.5 Å². The number of piperidine rings is 1. The molecule has 3 amide bonds. The maximum atomic E-state index is 12.6. The molecule has 0 atom stereocenters. The highest BCUT2D eigenvalue weighted by Crippen LogP contribution is 2.52. The van der Waals surface area contributed by atoms with Gasteiger partial charge in [0.15, 0.2) is 0 Å². The first-order valence-corrected chi connectivity index (χ1v) is 8.67. The molecule has 1 aromatic rings. The predicted molar refractivity (Wildman–Crippen MR) is 91.4 cm³/mol. The SMILES string of the molecule is Cc1ccc(N2CCOC2=O)cc1NC(=O)N1CCCC2(CC2)C1. The number of anilines is 2. The molecule has 3 aliphatic rings. The first-order valence-electron chi connectivity index (χ1n) is 8.67. The maximum Gasteiger partial charge on any atom is 0.414 e. The van der Waals surface area contributed by atoms with Crippen molar-refractivity contribution in [1.29, 1.82) is 0 Å². The molecule has 2 aliphatic heterocycles. The average molecular weight is 329 g/mol. The molecule has 6 heteroatoms. The van der Waals surface area contributed by atoms with Gasteiger partial charge in [-0.05, 0) is 55.7 Å². The van der Waals surface area contributed by atoms with Crippen molar-refractivity contribution in [3.8, 4) is 0 Å². The Morgan fingerprint density at radius 1 is 1.25 bits per heavy atom. The third-order valence-electron chi connectivity index (χ3n) is 5.44. The number of amides is 3. The number of nitrogens with zero attached hydrogens (tertiary/aromatic N) is 2. The van der Waals surface area contributed by atoms with Gasteiger partial charge in [0.05, 0.1) is 6.54 Å². The molecular weight excluding hydrogens is 306 g/mol. The quantitative estimate of drug-likeness (QED) is 0.905. The minimum atomic E-state index is -0.331. The number of carbonyl (C=O) groups is 2. The van der Waals surface area contributed by atoms with Crippen molar-refractivity contribution in [2.45, 2.75) is 32.6 Å². The topological polar surface area (TPSA) is 61.9 Å². The van der Waals surface area contributed by atoms with Gasteiger partial charge in [-0.3, -0.25) is 4.90 Å². The van der Waals surface area contributed by atoms with Gasteiger partial charge in [0.2, 0.25) is 0 Å². The lowest BCUT2D eigenvalue weighted by Gasteiger charge is -2.33. The molecule has 1 saturated carbocycles. The number of benzene rings is 1. The van der Waals surface area contributed by atoms with Crippen LogP contribution >= 0.6 is 0 Å². The zero-order chi connectivity index (χ0) is 16.7. The standard InChI is InChI=1S/C18H23N3O3/c1-13-3-4-14(21-9-10-24-17(21)23)11-15(13)19-16(22)20-8-2-5-18(12-20)6-7-18/h3-4,11H,2,5-10,12H2,1H3,(H,19,22). The van der Waals surface area contributed by atoms with Crippen molar-refractivity contribution < 1.29 is 14.3 Å². The van der Waals surface area contributed by atoms with E-state index in [2.05, 4.69) is 5.32 Å². The molecule has 4 rings (SSSR count). The molecule has 0 unspecified atom stereocenters. The summed E-state index contributed by atoms with van der Waals surface area (Å²) >= 11 is 0. The van der Waals surface area contributed by atoms with Crippen LogP contribution in [-0.4, -0.2) is 43.3 Å². The van der Waals surface area contributed by atoms with Gasteiger partial charge in [-0.15, -0.1) is 0 Å². The zero-order valence-corrected chi connectivity index (χ0v) is 14.0. The third kappa shape index (κ3) is 2.81. The number of cyclic esters (lactones) is 1. The van der Waals surface area contributed by atoms with Gasteiger partial charge in [-0.2, -0.15) is 0 Å². The van der Waals surface area contributed by atoms with Gasteiger partial charge in [-0.1, -0.05) is 6.07 Å². The number of rotatable bonds is 2. The minimum absolute atomic E-state index is 0.0368. The van der Waals surface area contributed by atoms with Crippen LogP contribution in [0.3, 0.4) is 0 Å². The fourth-order valence-corrected chi connectivity index (χ4v) is 3.70. The van der Waals surface area contributed by atoms with Crippen LogP contribution in [0.15, 0.2) is 18.2 Å². The molecule has 0 bridgehead atoms. The van der Waals surface area contributed by atoms with Gasteiger partial charge in [-0.25, -0.2) is 9.59 Å². The molecule has 6 nitrogen and oxygen atoms in total. The highest BCUT2D eigenvalue weighted by molar-refractivity contribution is 5.93. The lowest BCUT2D eigenvalue weighted by atomic mass is 9.95. The zero-order valence-electron chi connectivity index (χ0n) is 14.0. The molecule has 24 heavy (non-hydrogen) atoms. The molecule has 2 heterocycles. The summed E-state index contributed by atoms with van der Waals surface area (Å²) in [6, 6.07) is 5.63. The number of carbonyl (C=O) groups excluding carboxylic acids is 2. The summed E-state index contributed by atoms with van der Waals surface area (Å²) in [5.74, 6) is 0. The van der Waals surface area contributed by atoms with Gasteiger partial charge >= 0.3 is 12.1 Å². The molecule has 1 N–H and O–H groups in total. The van der Waals surface area contributed by atoms with E-state index in [1.807, 2.05) is 30.0 Å². The molecule has 3 fully saturated rings. The number of hydrogen-bond acceptors (Lipinski definition) is 3. The number of hydrogen-bond donors (Lipinski definition) is 1. The fraction of sp³-hybridized carbons (Fsp3) is 0.556. The Morgan fingerprint density at radius 3 is 2.79 bits per heavy atom. The van der Waals surface area contributed by atoms with E-state index in [1.54, 1.807) is 4.90 Å². The summed E-state index contributed by atoms with van der Waals surface area (Å²) < 4.78 is 4.99. The van der Waals surface area contributed by atoms with E-state index in [0.29, 0.717) is 18.6 Å². The van der Waals surface area contributed by atoms with Crippen LogP contribution in [0.5, 0.6) is 0 Å². The normalized spacial score (nSPS) is 21.8. The van der Waals surface area contributed by atoms with Crippen LogP contribution in [0.25, 0.3) is 0 Å². The summed E-state index contributed by atoms with van der Waals surface area (Å²) in [4.78, 5) is 27.9. The van der Waals surface area contributed by atoms with Crippen molar-refractivity contribution in [2.24, 2.45) is 5.41 Å². The molecule has 1 aromatic carbocycles. The molecular formula is C18H23N3O3. The van der Waals surface area contributed by atoms with Crippen molar-refractivity contribution in [3.05, 3.63) is 23.8 Å². The van der Waals surface area contributed by atoms with Gasteiger partial charge < -0.3 is 15.0 Å². The van der Waals surface area contributed by atoms with E-state index in [1.165, 1.54) is 19.3 Å². The van der Waals surface area contributed by atoms with Crippen molar-refractivity contribution in [3.63, 3.8) is 0 Å². The fourth-order valence-electron chi connectivity index (χ4n) is 3.70.